The number of aliphatic hydroxyl groups is 1. The normalized spacial score (nSPS) is 10.4. The topological polar surface area (TPSA) is 88.2 Å². The molecule has 0 atom stereocenters. The third kappa shape index (κ3) is 4.37. The minimum Gasteiger partial charge on any atom is -0.396 e. The fourth-order valence-electron chi connectivity index (χ4n) is 2.02. The molecule has 0 radical (unpaired) electrons. The molecule has 0 saturated carbocycles. The van der Waals surface area contributed by atoms with E-state index >= 15 is 0 Å². The van der Waals surface area contributed by atoms with Crippen molar-refractivity contribution < 1.29 is 9.90 Å². The molecule has 0 aliphatic rings. The summed E-state index contributed by atoms with van der Waals surface area (Å²) < 4.78 is 0. The average molecular weight is 285 g/mol. The number of aryl methyl sites for hydroxylation is 1. The lowest BCUT2D eigenvalue weighted by Gasteiger charge is -2.08. The van der Waals surface area contributed by atoms with E-state index in [2.05, 4.69) is 10.3 Å². The van der Waals surface area contributed by atoms with E-state index in [0.29, 0.717) is 24.2 Å². The molecule has 4 N–H and O–H groups in total. The first-order valence-corrected chi connectivity index (χ1v) is 6.89. The third-order valence-electron chi connectivity index (χ3n) is 3.10. The molecule has 1 aromatic carbocycles. The molecule has 2 aromatic rings. The van der Waals surface area contributed by atoms with Gasteiger partial charge in [0.05, 0.1) is 5.69 Å². The van der Waals surface area contributed by atoms with Crippen LogP contribution in [0.15, 0.2) is 42.6 Å². The maximum atomic E-state index is 12.2. The molecule has 0 fully saturated rings. The van der Waals surface area contributed by atoms with Gasteiger partial charge in [0.2, 0.25) is 0 Å². The number of benzene rings is 1. The highest BCUT2D eigenvalue weighted by Gasteiger charge is 2.07. The van der Waals surface area contributed by atoms with Crippen molar-refractivity contribution in [2.45, 2.75) is 19.4 Å². The molecule has 1 aromatic heterocycles. The van der Waals surface area contributed by atoms with E-state index in [1.807, 2.05) is 24.3 Å². The van der Waals surface area contributed by atoms with Crippen LogP contribution >= 0.6 is 0 Å². The molecule has 0 spiro atoms. The van der Waals surface area contributed by atoms with Gasteiger partial charge in [0.15, 0.2) is 0 Å². The van der Waals surface area contributed by atoms with E-state index in [1.165, 1.54) is 0 Å². The highest BCUT2D eigenvalue weighted by molar-refractivity contribution is 6.04. The molecule has 5 nitrogen and oxygen atoms in total. The molecule has 110 valence electrons. The minimum atomic E-state index is -0.189. The predicted octanol–water partition coefficient (Wildman–Crippen LogP) is 1.72. The summed E-state index contributed by atoms with van der Waals surface area (Å²) >= 11 is 0. The van der Waals surface area contributed by atoms with Gasteiger partial charge in [-0.3, -0.25) is 9.78 Å². The molecule has 1 heterocycles. The fourth-order valence-corrected chi connectivity index (χ4v) is 2.02. The van der Waals surface area contributed by atoms with Crippen LogP contribution in [0.4, 0.5) is 5.69 Å². The van der Waals surface area contributed by atoms with Crippen molar-refractivity contribution in [3.05, 3.63) is 59.4 Å². The van der Waals surface area contributed by atoms with E-state index in [1.54, 1.807) is 18.3 Å². The maximum absolute atomic E-state index is 12.2. The number of nitrogens with zero attached hydrogens (tertiary/aromatic N) is 1. The first kappa shape index (κ1) is 15.2. The van der Waals surface area contributed by atoms with Crippen LogP contribution in [0.1, 0.15) is 28.0 Å². The first-order valence-electron chi connectivity index (χ1n) is 6.89. The smallest absolute Gasteiger partial charge is 0.255 e. The summed E-state index contributed by atoms with van der Waals surface area (Å²) in [6.07, 6.45) is 3.07. The predicted molar refractivity (Wildman–Crippen MR) is 81.9 cm³/mol. The van der Waals surface area contributed by atoms with Crippen LogP contribution in [0.5, 0.6) is 0 Å². The van der Waals surface area contributed by atoms with Gasteiger partial charge >= 0.3 is 0 Å². The fraction of sp³-hybridized carbons (Fsp3) is 0.250. The lowest BCUT2D eigenvalue weighted by Crippen LogP contribution is -2.13. The molecule has 5 heteroatoms. The van der Waals surface area contributed by atoms with Crippen molar-refractivity contribution in [1.82, 2.24) is 4.98 Å². The SMILES string of the molecule is NCc1cc(C(=O)Nc2cccc(CCCO)c2)ccn1. The summed E-state index contributed by atoms with van der Waals surface area (Å²) in [6.45, 7) is 0.466. The van der Waals surface area contributed by atoms with Gasteiger partial charge in [0, 0.05) is 30.6 Å². The van der Waals surface area contributed by atoms with Crippen molar-refractivity contribution in [3.8, 4) is 0 Å². The van der Waals surface area contributed by atoms with Gasteiger partial charge in [0.25, 0.3) is 5.91 Å². The number of amides is 1. The van der Waals surface area contributed by atoms with E-state index < -0.39 is 0 Å². The van der Waals surface area contributed by atoms with Crippen LogP contribution in [-0.2, 0) is 13.0 Å². The number of hydrogen-bond donors (Lipinski definition) is 3. The Kier molecular flexibility index (Phi) is 5.43. The second-order valence-electron chi connectivity index (χ2n) is 4.72. The molecule has 0 bridgehead atoms. The Morgan fingerprint density at radius 1 is 1.29 bits per heavy atom. The molecular formula is C16H19N3O2. The number of anilines is 1. The average Bonchev–Trinajstić information content (AvgIpc) is 2.53. The third-order valence-corrected chi connectivity index (χ3v) is 3.10. The summed E-state index contributed by atoms with van der Waals surface area (Å²) in [4.78, 5) is 16.3. The molecule has 1 amide bonds. The van der Waals surface area contributed by atoms with Crippen LogP contribution in [0.25, 0.3) is 0 Å². The summed E-state index contributed by atoms with van der Waals surface area (Å²) in [5.74, 6) is -0.189. The second-order valence-corrected chi connectivity index (χ2v) is 4.72. The first-order chi connectivity index (χ1) is 10.2. The zero-order valence-electron chi connectivity index (χ0n) is 11.7. The van der Waals surface area contributed by atoms with Crippen LogP contribution in [-0.4, -0.2) is 22.6 Å². The van der Waals surface area contributed by atoms with E-state index in [9.17, 15) is 4.79 Å². The van der Waals surface area contributed by atoms with Crippen LogP contribution in [0.3, 0.4) is 0 Å². The van der Waals surface area contributed by atoms with Gasteiger partial charge in [-0.05, 0) is 42.7 Å². The van der Waals surface area contributed by atoms with Crippen molar-refractivity contribution in [3.63, 3.8) is 0 Å². The number of pyridine rings is 1. The summed E-state index contributed by atoms with van der Waals surface area (Å²) in [6, 6.07) is 11.0. The molecule has 2 rings (SSSR count). The summed E-state index contributed by atoms with van der Waals surface area (Å²) in [5.41, 5.74) is 8.56. The Morgan fingerprint density at radius 2 is 2.14 bits per heavy atom. The quantitative estimate of drug-likeness (QED) is 0.754. The number of carbonyl (C=O) groups is 1. The number of aromatic nitrogens is 1. The Hall–Kier alpha value is -2.24. The number of nitrogens with one attached hydrogen (secondary N) is 1. The van der Waals surface area contributed by atoms with Crippen LogP contribution in [0, 0.1) is 0 Å². The lowest BCUT2D eigenvalue weighted by atomic mass is 10.1. The number of aliphatic hydroxyl groups excluding tert-OH is 1. The molecule has 0 saturated heterocycles. The molecule has 0 unspecified atom stereocenters. The van der Waals surface area contributed by atoms with Gasteiger partial charge in [-0.1, -0.05) is 12.1 Å². The Bertz CT molecular complexity index is 614. The number of carbonyl (C=O) groups excluding carboxylic acids is 1. The van der Waals surface area contributed by atoms with E-state index in [0.717, 1.165) is 17.7 Å². The Balaban J connectivity index is 2.08. The molecule has 21 heavy (non-hydrogen) atoms. The van der Waals surface area contributed by atoms with Gasteiger partial charge in [-0.25, -0.2) is 0 Å². The Labute approximate surface area is 123 Å². The molecular weight excluding hydrogens is 266 g/mol. The Morgan fingerprint density at radius 3 is 2.90 bits per heavy atom. The van der Waals surface area contributed by atoms with Gasteiger partial charge in [-0.15, -0.1) is 0 Å². The van der Waals surface area contributed by atoms with Crippen molar-refractivity contribution in [2.24, 2.45) is 5.73 Å². The second kappa shape index (κ2) is 7.52. The molecule has 0 aliphatic carbocycles. The monoisotopic (exact) mass is 285 g/mol. The minimum absolute atomic E-state index is 0.162. The van der Waals surface area contributed by atoms with Gasteiger partial charge < -0.3 is 16.2 Å². The number of rotatable bonds is 6. The highest BCUT2D eigenvalue weighted by Crippen LogP contribution is 2.14. The van der Waals surface area contributed by atoms with Gasteiger partial charge in [0.1, 0.15) is 0 Å². The lowest BCUT2D eigenvalue weighted by molar-refractivity contribution is 0.102. The molecule has 0 aliphatic heterocycles. The van der Waals surface area contributed by atoms with Crippen molar-refractivity contribution in [1.29, 1.82) is 0 Å². The highest BCUT2D eigenvalue weighted by atomic mass is 16.2. The summed E-state index contributed by atoms with van der Waals surface area (Å²) in [5, 5.41) is 11.7. The van der Waals surface area contributed by atoms with Crippen LogP contribution in [0.2, 0.25) is 0 Å². The summed E-state index contributed by atoms with van der Waals surface area (Å²) in [7, 11) is 0. The van der Waals surface area contributed by atoms with Crippen molar-refractivity contribution >= 4 is 11.6 Å². The van der Waals surface area contributed by atoms with Crippen molar-refractivity contribution in [2.75, 3.05) is 11.9 Å². The zero-order valence-corrected chi connectivity index (χ0v) is 11.7. The number of hydrogen-bond acceptors (Lipinski definition) is 4. The standard InChI is InChI=1S/C16H19N3O2/c17-11-15-10-13(6-7-18-15)16(21)19-14-5-1-3-12(9-14)4-2-8-20/h1,3,5-7,9-10,20H,2,4,8,11,17H2,(H,19,21). The largest absolute Gasteiger partial charge is 0.396 e. The van der Waals surface area contributed by atoms with Crippen LogP contribution < -0.4 is 11.1 Å². The van der Waals surface area contributed by atoms with E-state index in [4.69, 9.17) is 10.8 Å². The maximum Gasteiger partial charge on any atom is 0.255 e. The number of nitrogens with two attached hydrogens (primary N) is 1. The van der Waals surface area contributed by atoms with E-state index in [-0.39, 0.29) is 12.5 Å². The zero-order chi connectivity index (χ0) is 15.1. The van der Waals surface area contributed by atoms with Gasteiger partial charge in [-0.2, -0.15) is 0 Å².